The van der Waals surface area contributed by atoms with Crippen LogP contribution in [0.15, 0.2) is 24.5 Å². The smallest absolute Gasteiger partial charge is 0.250 e. The molecule has 0 unspecified atom stereocenters. The molecule has 4 aromatic rings. The van der Waals surface area contributed by atoms with Gasteiger partial charge in [-0.1, -0.05) is 20.8 Å². The Morgan fingerprint density at radius 1 is 0.725 bits per heavy atom. The van der Waals surface area contributed by atoms with Crippen molar-refractivity contribution in [3.8, 4) is 23.0 Å². The highest BCUT2D eigenvalue weighted by Crippen LogP contribution is 2.43. The molecule has 0 amide bonds. The van der Waals surface area contributed by atoms with Gasteiger partial charge >= 0.3 is 0 Å². The minimum atomic E-state index is -3.26. The normalized spacial score (nSPS) is 15.7. The van der Waals surface area contributed by atoms with Crippen molar-refractivity contribution in [2.24, 2.45) is 0 Å². The fraction of sp³-hybridized carbons (Fsp3) is 0.476. The summed E-state index contributed by atoms with van der Waals surface area (Å²) in [6, 6.07) is 1.15. The number of nitrogen functional groups attached to an aromatic ring is 2. The van der Waals surface area contributed by atoms with E-state index in [1.807, 2.05) is 33.9 Å². The number of hydrogen-bond donors (Lipinski definition) is 5. The molecule has 4 heterocycles. The number of rotatable bonds is 14. The molecule has 2 fully saturated rings. The van der Waals surface area contributed by atoms with E-state index in [1.165, 1.54) is 22.0 Å². The molecule has 69 heavy (non-hydrogen) atoms. The number of carbonyl (C=O) groups excluding carboxylic acids is 2. The number of hydrogen-bond acceptors (Lipinski definition) is 18. The van der Waals surface area contributed by atoms with E-state index in [-0.39, 0.29) is 63.3 Å². The molecular formula is C42H56F4N10O10S2Si. The summed E-state index contributed by atoms with van der Waals surface area (Å²) in [5, 5.41) is 15.6. The summed E-state index contributed by atoms with van der Waals surface area (Å²) in [6.07, 6.45) is 6.59. The number of nitrogens with two attached hydrogens (primary N) is 2. The Morgan fingerprint density at radius 2 is 1.10 bits per heavy atom. The molecular weight excluding hydrogens is 973 g/mol. The molecule has 0 bridgehead atoms. The van der Waals surface area contributed by atoms with Gasteiger partial charge in [0.15, 0.2) is 46.3 Å². The van der Waals surface area contributed by atoms with Crippen molar-refractivity contribution < 1.29 is 63.0 Å². The van der Waals surface area contributed by atoms with Gasteiger partial charge < -0.3 is 41.1 Å². The number of piperidine rings is 2. The number of ketones is 2. The van der Waals surface area contributed by atoms with Crippen LogP contribution in [0.1, 0.15) is 78.3 Å². The predicted molar refractivity (Wildman–Crippen MR) is 251 cm³/mol. The van der Waals surface area contributed by atoms with Crippen molar-refractivity contribution in [2.75, 3.05) is 75.0 Å². The van der Waals surface area contributed by atoms with Crippen molar-refractivity contribution in [1.29, 1.82) is 0 Å². The van der Waals surface area contributed by atoms with E-state index in [0.717, 1.165) is 31.8 Å². The lowest BCUT2D eigenvalue weighted by Gasteiger charge is -2.37. The number of aromatic nitrogens is 4. The van der Waals surface area contributed by atoms with E-state index in [4.69, 9.17) is 25.4 Å². The van der Waals surface area contributed by atoms with E-state index in [2.05, 4.69) is 30.6 Å². The second-order valence-electron chi connectivity index (χ2n) is 17.8. The average molecular weight is 1030 g/mol. The van der Waals surface area contributed by atoms with E-state index in [9.17, 15) is 44.7 Å². The minimum Gasteiger partial charge on any atom is -0.541 e. The van der Waals surface area contributed by atoms with Gasteiger partial charge in [-0.05, 0) is 43.8 Å². The Hall–Kier alpha value is -5.90. The second-order valence-corrected chi connectivity index (χ2v) is 26.5. The highest BCUT2D eigenvalue weighted by atomic mass is 32.2. The summed E-state index contributed by atoms with van der Waals surface area (Å²) in [4.78, 5) is 42.4. The number of nitrogens with one attached hydrogen (secondary N) is 2. The largest absolute Gasteiger partial charge is 0.541 e. The third-order valence-electron chi connectivity index (χ3n) is 12.0. The summed E-state index contributed by atoms with van der Waals surface area (Å²) < 4.78 is 123. The fourth-order valence-corrected chi connectivity index (χ4v) is 9.83. The summed E-state index contributed by atoms with van der Waals surface area (Å²) in [6.45, 7) is 11.2. The van der Waals surface area contributed by atoms with Crippen LogP contribution >= 0.6 is 0 Å². The minimum absolute atomic E-state index is 0.0699. The molecule has 2 aromatic carbocycles. The third-order valence-corrected chi connectivity index (χ3v) is 18.9. The number of phenolic OH excluding ortho intramolecular Hbond substituents is 1. The van der Waals surface area contributed by atoms with Crippen LogP contribution in [-0.4, -0.2) is 135 Å². The zero-order valence-corrected chi connectivity index (χ0v) is 42.0. The van der Waals surface area contributed by atoms with Crippen LogP contribution in [-0.2, 0) is 20.0 Å². The molecule has 2 aliphatic heterocycles. The molecule has 0 spiro atoms. The maximum Gasteiger partial charge on any atom is 0.250 e. The van der Waals surface area contributed by atoms with Crippen LogP contribution in [0.25, 0.3) is 0 Å². The molecule has 0 saturated carbocycles. The van der Waals surface area contributed by atoms with Crippen LogP contribution < -0.4 is 36.0 Å². The molecule has 378 valence electrons. The Labute approximate surface area is 398 Å². The quantitative estimate of drug-likeness (QED) is 0.0637. The van der Waals surface area contributed by atoms with E-state index in [1.54, 1.807) is 0 Å². The van der Waals surface area contributed by atoms with Crippen molar-refractivity contribution in [2.45, 2.75) is 76.7 Å². The first kappa shape index (κ1) is 54.0. The van der Waals surface area contributed by atoms with Gasteiger partial charge in [-0.15, -0.1) is 0 Å². The Bertz CT molecular complexity index is 2830. The van der Waals surface area contributed by atoms with Crippen LogP contribution in [0.5, 0.6) is 23.0 Å². The number of nitrogens with zero attached hydrogens (tertiary/aromatic N) is 6. The van der Waals surface area contributed by atoms with Gasteiger partial charge in [0.1, 0.15) is 22.8 Å². The second kappa shape index (κ2) is 21.0. The van der Waals surface area contributed by atoms with Gasteiger partial charge in [0.05, 0.1) is 37.9 Å². The zero-order valence-electron chi connectivity index (χ0n) is 39.4. The van der Waals surface area contributed by atoms with Gasteiger partial charge in [0.25, 0.3) is 8.32 Å². The maximum absolute atomic E-state index is 15.0. The number of anilines is 4. The number of carbonyl (C=O) groups is 2. The number of phenols is 1. The van der Waals surface area contributed by atoms with Crippen LogP contribution in [0, 0.1) is 23.3 Å². The summed E-state index contributed by atoms with van der Waals surface area (Å²) in [7, 11) is -6.69. The van der Waals surface area contributed by atoms with Gasteiger partial charge in [-0.25, -0.2) is 53.0 Å². The lowest BCUT2D eigenvalue weighted by atomic mass is 10.0. The SMILES string of the molecule is COc1c(O)cc(F)c(F)c1C(=O)c1cnc(NC2CCN(S(C)(=O)=O)CC2)nc1N.COc1c(O[Si](C)(C)C(C)(C)C)cc(F)c(F)c1C(=O)c1cnc(NC2CCN(S(C)(=O)=O)CC2)nc1N. The third kappa shape index (κ3) is 12.5. The number of aromatic hydroxyl groups is 1. The van der Waals surface area contributed by atoms with Crippen molar-refractivity contribution >= 4 is 63.5 Å². The van der Waals surface area contributed by atoms with Crippen molar-refractivity contribution in [3.63, 3.8) is 0 Å². The number of sulfonamides is 2. The summed E-state index contributed by atoms with van der Waals surface area (Å²) in [5.41, 5.74) is 9.85. The standard InChI is InChI=1S/C24H35F2N5O5SSi.C18H21F2N5O5S/c1-24(2,3)38(6,7)36-17-12-16(25)19(26)18(21(17)35-4)20(32)15-13-28-23(30-22(15)27)29-14-8-10-31(11-9-14)37(5,33)34;1-30-16-12(26)7-11(19)14(20)13(16)15(27)10-8-22-18(24-17(10)21)23-9-3-5-25(6-4-9)31(2,28)29/h12-14H,8-11H2,1-7H3,(H3,27,28,29,30);7-9,26H,3-6H2,1-2H3,(H3,21,22,23,24). The van der Waals surface area contributed by atoms with E-state index >= 15 is 4.39 Å². The van der Waals surface area contributed by atoms with E-state index in [0.29, 0.717) is 57.9 Å². The number of halogens is 4. The number of methoxy groups -OCH3 is 2. The maximum atomic E-state index is 15.0. The molecule has 0 atom stereocenters. The zero-order chi connectivity index (χ0) is 51.6. The first-order valence-corrected chi connectivity index (χ1v) is 27.9. The Kier molecular flexibility index (Phi) is 16.4. The summed E-state index contributed by atoms with van der Waals surface area (Å²) in [5.74, 6) is -9.50. The topological polar surface area (TPSA) is 284 Å². The van der Waals surface area contributed by atoms with Gasteiger partial charge in [-0.2, -0.15) is 9.97 Å². The molecule has 20 nitrogen and oxygen atoms in total. The van der Waals surface area contributed by atoms with Crippen LogP contribution in [0.3, 0.4) is 0 Å². The first-order chi connectivity index (χ1) is 32.0. The van der Waals surface area contributed by atoms with Gasteiger partial charge in [0, 0.05) is 62.8 Å². The molecule has 2 aromatic heterocycles. The predicted octanol–water partition coefficient (Wildman–Crippen LogP) is 4.91. The number of benzene rings is 2. The van der Waals surface area contributed by atoms with Crippen molar-refractivity contribution in [1.82, 2.24) is 28.5 Å². The molecule has 27 heteroatoms. The highest BCUT2D eigenvalue weighted by molar-refractivity contribution is 7.88. The average Bonchev–Trinajstić information content (AvgIpc) is 3.25. The molecule has 2 aliphatic rings. The molecule has 0 radical (unpaired) electrons. The lowest BCUT2D eigenvalue weighted by molar-refractivity contribution is 0.102. The molecule has 7 N–H and O–H groups in total. The van der Waals surface area contributed by atoms with Gasteiger partial charge in [0.2, 0.25) is 43.5 Å². The molecule has 2 saturated heterocycles. The summed E-state index contributed by atoms with van der Waals surface area (Å²) >= 11 is 0. The van der Waals surface area contributed by atoms with E-state index < -0.39 is 85.8 Å². The molecule has 0 aliphatic carbocycles. The Morgan fingerprint density at radius 3 is 1.45 bits per heavy atom. The Balaban J connectivity index is 0.000000263. The monoisotopic (exact) mass is 1030 g/mol. The van der Waals surface area contributed by atoms with Crippen LogP contribution in [0.2, 0.25) is 18.1 Å². The van der Waals surface area contributed by atoms with Crippen molar-refractivity contribution in [3.05, 3.63) is 70.0 Å². The lowest BCUT2D eigenvalue weighted by Crippen LogP contribution is -2.44. The van der Waals surface area contributed by atoms with Gasteiger partial charge in [-0.3, -0.25) is 9.59 Å². The fourth-order valence-electron chi connectivity index (χ4n) is 7.08. The molecule has 6 rings (SSSR count). The van der Waals surface area contributed by atoms with Crippen LogP contribution in [0.4, 0.5) is 41.1 Å². The number of ether oxygens (including phenoxy) is 2. The highest BCUT2D eigenvalue weighted by Gasteiger charge is 2.41. The first-order valence-electron chi connectivity index (χ1n) is 21.3.